The molecule has 1 aliphatic rings. The van der Waals surface area contributed by atoms with Crippen molar-refractivity contribution >= 4 is 17.3 Å². The largest absolute Gasteiger partial charge is 0.399 e. The van der Waals surface area contributed by atoms with Gasteiger partial charge in [0.25, 0.3) is 5.91 Å². The fourth-order valence-corrected chi connectivity index (χ4v) is 2.47. The predicted molar refractivity (Wildman–Crippen MR) is 84.1 cm³/mol. The molecule has 0 saturated heterocycles. The molecular formula is C16H25N3O. The highest BCUT2D eigenvalue weighted by molar-refractivity contribution is 6.00. The summed E-state index contributed by atoms with van der Waals surface area (Å²) < 4.78 is 0. The minimum absolute atomic E-state index is 0.0199. The van der Waals surface area contributed by atoms with Gasteiger partial charge in [-0.15, -0.1) is 0 Å². The third kappa shape index (κ3) is 3.65. The van der Waals surface area contributed by atoms with E-state index < -0.39 is 0 Å². The Morgan fingerprint density at radius 3 is 2.70 bits per heavy atom. The van der Waals surface area contributed by atoms with Crippen molar-refractivity contribution in [3.8, 4) is 0 Å². The topological polar surface area (TPSA) is 58.4 Å². The number of carbonyl (C=O) groups is 1. The molecule has 3 N–H and O–H groups in total. The van der Waals surface area contributed by atoms with Crippen LogP contribution in [0.3, 0.4) is 0 Å². The molecule has 1 saturated carbocycles. The Bertz CT molecular complexity index is 481. The van der Waals surface area contributed by atoms with Gasteiger partial charge < -0.3 is 16.0 Å². The van der Waals surface area contributed by atoms with Crippen LogP contribution in [0.4, 0.5) is 11.4 Å². The average molecular weight is 275 g/mol. The molecule has 1 amide bonds. The average Bonchev–Trinajstić information content (AvgIpc) is 3.21. The molecule has 0 heterocycles. The van der Waals surface area contributed by atoms with Gasteiger partial charge in [-0.1, -0.05) is 19.8 Å². The summed E-state index contributed by atoms with van der Waals surface area (Å²) >= 11 is 0. The zero-order chi connectivity index (χ0) is 14.7. The number of benzene rings is 1. The predicted octanol–water partition coefficient (Wildman–Crippen LogP) is 2.64. The molecule has 0 radical (unpaired) electrons. The second-order valence-corrected chi connectivity index (χ2v) is 5.93. The minimum Gasteiger partial charge on any atom is -0.399 e. The lowest BCUT2D eigenvalue weighted by Gasteiger charge is -2.21. The highest BCUT2D eigenvalue weighted by Gasteiger charge is 2.26. The molecular weight excluding hydrogens is 250 g/mol. The first-order valence-corrected chi connectivity index (χ1v) is 7.39. The lowest BCUT2D eigenvalue weighted by atomic mass is 10.1. The molecule has 1 aromatic rings. The fraction of sp³-hybridized carbons (Fsp3) is 0.562. The van der Waals surface area contributed by atoms with Gasteiger partial charge in [-0.2, -0.15) is 0 Å². The molecule has 0 aliphatic heterocycles. The van der Waals surface area contributed by atoms with E-state index in [1.807, 2.05) is 31.1 Å². The number of nitrogens with zero attached hydrogens (tertiary/aromatic N) is 1. The van der Waals surface area contributed by atoms with Crippen LogP contribution in [-0.2, 0) is 0 Å². The van der Waals surface area contributed by atoms with Crippen LogP contribution < -0.4 is 16.0 Å². The molecule has 1 atom stereocenters. The van der Waals surface area contributed by atoms with Crippen LogP contribution >= 0.6 is 0 Å². The molecule has 20 heavy (non-hydrogen) atoms. The molecule has 0 aromatic heterocycles. The maximum atomic E-state index is 12.5. The fourth-order valence-electron chi connectivity index (χ4n) is 2.47. The zero-order valence-electron chi connectivity index (χ0n) is 12.6. The Labute approximate surface area is 121 Å². The van der Waals surface area contributed by atoms with E-state index in [0.29, 0.717) is 11.3 Å². The van der Waals surface area contributed by atoms with Gasteiger partial charge in [0.15, 0.2) is 0 Å². The maximum absolute atomic E-state index is 12.5. The Morgan fingerprint density at radius 1 is 1.45 bits per heavy atom. The van der Waals surface area contributed by atoms with Gasteiger partial charge in [-0.3, -0.25) is 4.79 Å². The van der Waals surface area contributed by atoms with E-state index >= 15 is 0 Å². The van der Waals surface area contributed by atoms with Gasteiger partial charge in [0.1, 0.15) is 0 Å². The summed E-state index contributed by atoms with van der Waals surface area (Å²) in [6.45, 7) is 2.12. The third-order valence-corrected chi connectivity index (χ3v) is 3.89. The van der Waals surface area contributed by atoms with Crippen LogP contribution in [0.2, 0.25) is 0 Å². The first-order chi connectivity index (χ1) is 9.51. The van der Waals surface area contributed by atoms with Gasteiger partial charge in [0, 0.05) is 31.5 Å². The summed E-state index contributed by atoms with van der Waals surface area (Å²) in [5.74, 6) is 0.794. The summed E-state index contributed by atoms with van der Waals surface area (Å²) in [5.41, 5.74) is 8.00. The highest BCUT2D eigenvalue weighted by Crippen LogP contribution is 2.34. The van der Waals surface area contributed by atoms with Crippen molar-refractivity contribution in [2.45, 2.75) is 38.6 Å². The number of hydrogen-bond donors (Lipinski definition) is 2. The van der Waals surface area contributed by atoms with E-state index in [-0.39, 0.29) is 11.9 Å². The van der Waals surface area contributed by atoms with E-state index in [1.54, 1.807) is 6.07 Å². The van der Waals surface area contributed by atoms with Crippen molar-refractivity contribution in [3.05, 3.63) is 23.8 Å². The first kappa shape index (κ1) is 14.7. The van der Waals surface area contributed by atoms with Crippen LogP contribution in [0.1, 0.15) is 43.0 Å². The van der Waals surface area contributed by atoms with Gasteiger partial charge in [-0.25, -0.2) is 0 Å². The summed E-state index contributed by atoms with van der Waals surface area (Å²) in [5, 5.41) is 3.16. The monoisotopic (exact) mass is 275 g/mol. The third-order valence-electron chi connectivity index (χ3n) is 3.89. The number of anilines is 2. The van der Waals surface area contributed by atoms with Gasteiger partial charge in [-0.05, 0) is 37.0 Å². The number of carbonyl (C=O) groups excluding carboxylic acids is 1. The van der Waals surface area contributed by atoms with Gasteiger partial charge in [0.2, 0.25) is 0 Å². The SMILES string of the molecule is CCC(CC1CC1)NC(=O)c1cc(N)ccc1N(C)C. The molecule has 2 rings (SSSR count). The van der Waals surface area contributed by atoms with E-state index in [9.17, 15) is 4.79 Å². The van der Waals surface area contributed by atoms with Crippen molar-refractivity contribution in [2.24, 2.45) is 5.92 Å². The Balaban J connectivity index is 2.12. The highest BCUT2D eigenvalue weighted by atomic mass is 16.1. The molecule has 0 bridgehead atoms. The molecule has 1 aromatic carbocycles. The number of nitrogens with one attached hydrogen (secondary N) is 1. The smallest absolute Gasteiger partial charge is 0.253 e. The van der Waals surface area contributed by atoms with E-state index in [2.05, 4.69) is 12.2 Å². The summed E-state index contributed by atoms with van der Waals surface area (Å²) in [7, 11) is 3.87. The van der Waals surface area contributed by atoms with Crippen LogP contribution in [0.25, 0.3) is 0 Å². The Morgan fingerprint density at radius 2 is 2.15 bits per heavy atom. The lowest BCUT2D eigenvalue weighted by molar-refractivity contribution is 0.0933. The molecule has 1 fully saturated rings. The summed E-state index contributed by atoms with van der Waals surface area (Å²) in [6, 6.07) is 5.75. The summed E-state index contributed by atoms with van der Waals surface area (Å²) in [4.78, 5) is 14.4. The normalized spacial score (nSPS) is 15.8. The molecule has 1 unspecified atom stereocenters. The quantitative estimate of drug-likeness (QED) is 0.785. The summed E-state index contributed by atoms with van der Waals surface area (Å²) in [6.07, 6.45) is 4.70. The van der Waals surface area contributed by atoms with Gasteiger partial charge in [0.05, 0.1) is 5.56 Å². The first-order valence-electron chi connectivity index (χ1n) is 7.39. The standard InChI is InChI=1S/C16H25N3O/c1-4-13(9-11-5-6-11)18-16(20)14-10-12(17)7-8-15(14)19(2)3/h7-8,10-11,13H,4-6,9,17H2,1-3H3,(H,18,20). The van der Waals surface area contributed by atoms with Crippen LogP contribution in [-0.4, -0.2) is 26.0 Å². The number of amides is 1. The molecule has 4 nitrogen and oxygen atoms in total. The lowest BCUT2D eigenvalue weighted by Crippen LogP contribution is -2.35. The van der Waals surface area contributed by atoms with Crippen molar-refractivity contribution in [3.63, 3.8) is 0 Å². The van der Waals surface area contributed by atoms with Crippen molar-refractivity contribution in [1.29, 1.82) is 0 Å². The Kier molecular flexibility index (Phi) is 4.53. The minimum atomic E-state index is -0.0199. The second kappa shape index (κ2) is 6.16. The number of hydrogen-bond acceptors (Lipinski definition) is 3. The maximum Gasteiger partial charge on any atom is 0.253 e. The van der Waals surface area contributed by atoms with Crippen molar-refractivity contribution < 1.29 is 4.79 Å². The molecule has 110 valence electrons. The Hall–Kier alpha value is -1.71. The molecule has 0 spiro atoms. The van der Waals surface area contributed by atoms with Crippen LogP contribution in [0.15, 0.2) is 18.2 Å². The van der Waals surface area contributed by atoms with Gasteiger partial charge >= 0.3 is 0 Å². The van der Waals surface area contributed by atoms with E-state index in [4.69, 9.17) is 5.73 Å². The van der Waals surface area contributed by atoms with E-state index in [1.165, 1.54) is 12.8 Å². The van der Waals surface area contributed by atoms with Crippen molar-refractivity contribution in [1.82, 2.24) is 5.32 Å². The van der Waals surface area contributed by atoms with Crippen LogP contribution in [0, 0.1) is 5.92 Å². The van der Waals surface area contributed by atoms with Crippen molar-refractivity contribution in [2.75, 3.05) is 24.7 Å². The molecule has 1 aliphatic carbocycles. The van der Waals surface area contributed by atoms with E-state index in [0.717, 1.165) is 24.4 Å². The zero-order valence-corrected chi connectivity index (χ0v) is 12.6. The number of nitrogen functional groups attached to an aromatic ring is 1. The second-order valence-electron chi connectivity index (χ2n) is 5.93. The van der Waals surface area contributed by atoms with Crippen LogP contribution in [0.5, 0.6) is 0 Å². The molecule has 4 heteroatoms. The number of nitrogens with two attached hydrogens (primary N) is 1. The number of rotatable bonds is 6.